The standard InChI is InChI=1S/C29H35NO4/c1-22(2)30(29(33)25-18-16-24(17-19-25)15-14-23-9-8-10-23)21-26-11-5-6-12-27(26)34-20-7-3-4-13-28(31)32/h5-6,11-12,16-19,22-23H,3-4,7-10,13,20-21H2,1-2H3,(H,31,32)/i22D. The van der Waals surface area contributed by atoms with E-state index in [1.54, 1.807) is 26.0 Å². The molecule has 5 heteroatoms. The van der Waals surface area contributed by atoms with Crippen LogP contribution in [-0.4, -0.2) is 34.5 Å². The maximum absolute atomic E-state index is 13.4. The third kappa shape index (κ3) is 7.66. The Balaban J connectivity index is 1.66. The zero-order valence-corrected chi connectivity index (χ0v) is 20.2. The van der Waals surface area contributed by atoms with Gasteiger partial charge in [-0.05, 0) is 76.3 Å². The van der Waals surface area contributed by atoms with Crippen molar-refractivity contribution < 1.29 is 20.8 Å². The van der Waals surface area contributed by atoms with Crippen LogP contribution >= 0.6 is 0 Å². The van der Waals surface area contributed by atoms with Gasteiger partial charge in [-0.15, -0.1) is 0 Å². The average Bonchev–Trinajstić information content (AvgIpc) is 2.78. The number of carboxylic acids is 1. The maximum Gasteiger partial charge on any atom is 0.303 e. The normalized spacial score (nSPS) is 13.8. The molecule has 1 aliphatic rings. The number of benzene rings is 2. The number of amides is 1. The van der Waals surface area contributed by atoms with Gasteiger partial charge in [0, 0.05) is 41.6 Å². The molecule has 0 heterocycles. The molecule has 1 amide bonds. The van der Waals surface area contributed by atoms with Crippen LogP contribution in [0, 0.1) is 17.8 Å². The molecule has 1 aliphatic carbocycles. The molecular formula is C29H35NO4. The summed E-state index contributed by atoms with van der Waals surface area (Å²) in [6, 6.07) is 13.7. The van der Waals surface area contributed by atoms with E-state index in [9.17, 15) is 9.59 Å². The minimum Gasteiger partial charge on any atom is -0.493 e. The van der Waals surface area contributed by atoms with Crippen LogP contribution in [0.1, 0.15) is 81.6 Å². The van der Waals surface area contributed by atoms with Crippen LogP contribution < -0.4 is 4.74 Å². The Bertz CT molecular complexity index is 1060. The number of rotatable bonds is 11. The predicted octanol–water partition coefficient (Wildman–Crippen LogP) is 5.91. The van der Waals surface area contributed by atoms with Crippen LogP contribution in [0.15, 0.2) is 48.5 Å². The number of para-hydroxylation sites is 1. The van der Waals surface area contributed by atoms with E-state index in [0.29, 0.717) is 30.3 Å². The second kappa shape index (κ2) is 12.8. The summed E-state index contributed by atoms with van der Waals surface area (Å²) in [7, 11) is 0. The molecular weight excluding hydrogens is 426 g/mol. The van der Waals surface area contributed by atoms with E-state index >= 15 is 0 Å². The van der Waals surface area contributed by atoms with E-state index in [4.69, 9.17) is 11.2 Å². The summed E-state index contributed by atoms with van der Waals surface area (Å²) < 4.78 is 14.6. The van der Waals surface area contributed by atoms with Crippen molar-refractivity contribution in [3.63, 3.8) is 0 Å². The number of carboxylic acid groups (broad SMARTS) is 1. The second-order valence-corrected chi connectivity index (χ2v) is 8.97. The molecule has 0 aliphatic heterocycles. The number of nitrogens with zero attached hydrogens (tertiary/aromatic N) is 1. The van der Waals surface area contributed by atoms with Gasteiger partial charge in [-0.25, -0.2) is 0 Å². The number of aliphatic carboxylic acids is 1. The molecule has 180 valence electrons. The van der Waals surface area contributed by atoms with Gasteiger partial charge < -0.3 is 14.7 Å². The summed E-state index contributed by atoms with van der Waals surface area (Å²) in [4.78, 5) is 25.6. The molecule has 1 N–H and O–H groups in total. The maximum atomic E-state index is 13.4. The van der Waals surface area contributed by atoms with Crippen molar-refractivity contribution in [3.8, 4) is 17.6 Å². The summed E-state index contributed by atoms with van der Waals surface area (Å²) in [6.07, 6.45) is 5.93. The van der Waals surface area contributed by atoms with Gasteiger partial charge in [-0.1, -0.05) is 36.5 Å². The van der Waals surface area contributed by atoms with Crippen LogP contribution in [-0.2, 0) is 11.3 Å². The molecule has 1 fully saturated rings. The largest absolute Gasteiger partial charge is 0.493 e. The summed E-state index contributed by atoms with van der Waals surface area (Å²) >= 11 is 0. The number of hydrogen-bond acceptors (Lipinski definition) is 3. The molecule has 2 aromatic carbocycles. The third-order valence-corrected chi connectivity index (χ3v) is 6.04. The number of hydrogen-bond donors (Lipinski definition) is 1. The highest BCUT2D eigenvalue weighted by atomic mass is 16.5. The van der Waals surface area contributed by atoms with E-state index in [-0.39, 0.29) is 18.9 Å². The smallest absolute Gasteiger partial charge is 0.303 e. The first-order chi connectivity index (χ1) is 16.7. The van der Waals surface area contributed by atoms with Gasteiger partial charge in [-0.3, -0.25) is 9.59 Å². The topological polar surface area (TPSA) is 66.8 Å². The molecule has 1 saturated carbocycles. The summed E-state index contributed by atoms with van der Waals surface area (Å²) in [5, 5.41) is 8.75. The Morgan fingerprint density at radius 1 is 1.12 bits per heavy atom. The SMILES string of the molecule is [2H]C(C)(C)N(Cc1ccccc1OCCCCCC(=O)O)C(=O)c1ccc(C#CC2CCC2)cc1. The van der Waals surface area contributed by atoms with Gasteiger partial charge in [0.15, 0.2) is 0 Å². The second-order valence-electron chi connectivity index (χ2n) is 8.97. The summed E-state index contributed by atoms with van der Waals surface area (Å²) in [6.45, 7) is 4.12. The fourth-order valence-corrected chi connectivity index (χ4v) is 3.71. The van der Waals surface area contributed by atoms with Crippen molar-refractivity contribution in [1.29, 1.82) is 0 Å². The molecule has 0 saturated heterocycles. The Morgan fingerprint density at radius 3 is 2.50 bits per heavy atom. The van der Waals surface area contributed by atoms with E-state index in [1.807, 2.05) is 36.4 Å². The summed E-state index contributed by atoms with van der Waals surface area (Å²) in [5.74, 6) is 6.67. The lowest BCUT2D eigenvalue weighted by Gasteiger charge is -2.28. The van der Waals surface area contributed by atoms with E-state index < -0.39 is 12.0 Å². The number of carbonyl (C=O) groups excluding carboxylic acids is 1. The van der Waals surface area contributed by atoms with Gasteiger partial charge in [0.1, 0.15) is 5.75 Å². The molecule has 0 spiro atoms. The minimum absolute atomic E-state index is 0.167. The lowest BCUT2D eigenvalue weighted by molar-refractivity contribution is -0.137. The number of unbranched alkanes of at least 4 members (excludes halogenated alkanes) is 2. The Labute approximate surface area is 204 Å². The number of ether oxygens (including phenoxy) is 1. The van der Waals surface area contributed by atoms with E-state index in [0.717, 1.165) is 24.0 Å². The average molecular weight is 463 g/mol. The van der Waals surface area contributed by atoms with Crippen molar-refractivity contribution in [2.75, 3.05) is 6.61 Å². The van der Waals surface area contributed by atoms with Crippen molar-refractivity contribution in [3.05, 3.63) is 65.2 Å². The quantitative estimate of drug-likeness (QED) is 0.333. The van der Waals surface area contributed by atoms with E-state index in [2.05, 4.69) is 11.8 Å². The Morgan fingerprint density at radius 2 is 1.85 bits per heavy atom. The molecule has 0 bridgehead atoms. The molecule has 0 unspecified atom stereocenters. The van der Waals surface area contributed by atoms with Gasteiger partial charge in [0.05, 0.1) is 7.98 Å². The van der Waals surface area contributed by atoms with Crippen LogP contribution in [0.4, 0.5) is 0 Å². The van der Waals surface area contributed by atoms with Crippen LogP contribution in [0.3, 0.4) is 0 Å². The van der Waals surface area contributed by atoms with Crippen molar-refractivity contribution in [2.45, 2.75) is 71.4 Å². The van der Waals surface area contributed by atoms with Crippen molar-refractivity contribution in [1.82, 2.24) is 4.90 Å². The lowest BCUT2D eigenvalue weighted by atomic mass is 9.86. The highest BCUT2D eigenvalue weighted by molar-refractivity contribution is 5.94. The predicted molar refractivity (Wildman–Crippen MR) is 134 cm³/mol. The Kier molecular flexibility index (Phi) is 9.02. The van der Waals surface area contributed by atoms with Crippen molar-refractivity contribution in [2.24, 2.45) is 5.92 Å². The lowest BCUT2D eigenvalue weighted by Crippen LogP contribution is -2.36. The molecule has 0 atom stereocenters. The van der Waals surface area contributed by atoms with Crippen LogP contribution in [0.2, 0.25) is 0 Å². The number of carbonyl (C=O) groups is 2. The first-order valence-electron chi connectivity index (χ1n) is 12.6. The Hall–Kier alpha value is -3.26. The molecule has 3 rings (SSSR count). The first kappa shape index (κ1) is 23.9. The zero-order valence-electron chi connectivity index (χ0n) is 21.2. The molecule has 0 radical (unpaired) electrons. The zero-order chi connectivity index (χ0) is 25.3. The minimum atomic E-state index is -1.14. The molecule has 5 nitrogen and oxygen atoms in total. The molecule has 0 aromatic heterocycles. The fraction of sp³-hybridized carbons (Fsp3) is 0.448. The first-order valence-corrected chi connectivity index (χ1v) is 12.1. The van der Waals surface area contributed by atoms with Gasteiger partial charge in [0.25, 0.3) is 5.91 Å². The van der Waals surface area contributed by atoms with Crippen LogP contribution in [0.25, 0.3) is 0 Å². The van der Waals surface area contributed by atoms with Crippen molar-refractivity contribution >= 4 is 11.9 Å². The molecule has 34 heavy (non-hydrogen) atoms. The monoisotopic (exact) mass is 462 g/mol. The highest BCUT2D eigenvalue weighted by Gasteiger charge is 2.21. The van der Waals surface area contributed by atoms with Crippen LogP contribution in [0.5, 0.6) is 5.75 Å². The van der Waals surface area contributed by atoms with E-state index in [1.165, 1.54) is 24.2 Å². The van der Waals surface area contributed by atoms with Gasteiger partial charge in [0.2, 0.25) is 0 Å². The highest BCUT2D eigenvalue weighted by Crippen LogP contribution is 2.25. The third-order valence-electron chi connectivity index (χ3n) is 6.04. The summed E-state index contributed by atoms with van der Waals surface area (Å²) in [5.41, 5.74) is 2.25. The van der Waals surface area contributed by atoms with Gasteiger partial charge >= 0.3 is 5.97 Å². The fourth-order valence-electron chi connectivity index (χ4n) is 3.71. The molecule has 2 aromatic rings. The van der Waals surface area contributed by atoms with Gasteiger partial charge in [-0.2, -0.15) is 0 Å².